The number of amides is 3. The molecule has 160 valence electrons. The number of nitrogens with one attached hydrogen (secondary N) is 2. The van der Waals surface area contributed by atoms with Crippen molar-refractivity contribution in [2.45, 2.75) is 52.2 Å². The van der Waals surface area contributed by atoms with Gasteiger partial charge in [-0.1, -0.05) is 0 Å². The van der Waals surface area contributed by atoms with Crippen molar-refractivity contribution in [2.75, 3.05) is 6.61 Å². The number of hydrogen-bond acceptors (Lipinski definition) is 7. The number of ether oxygens (including phenoxy) is 2. The molecule has 0 unspecified atom stereocenters. The fourth-order valence-electron chi connectivity index (χ4n) is 3.29. The van der Waals surface area contributed by atoms with Crippen molar-refractivity contribution in [3.05, 3.63) is 39.7 Å². The maximum Gasteiger partial charge on any atom is 0.344 e. The van der Waals surface area contributed by atoms with Crippen LogP contribution in [-0.4, -0.2) is 36.7 Å². The van der Waals surface area contributed by atoms with Crippen molar-refractivity contribution >= 4 is 28.9 Å². The maximum atomic E-state index is 12.1. The second-order valence-electron chi connectivity index (χ2n) is 7.40. The van der Waals surface area contributed by atoms with Crippen molar-refractivity contribution in [1.29, 1.82) is 0 Å². The van der Waals surface area contributed by atoms with Crippen LogP contribution in [0.2, 0.25) is 0 Å². The summed E-state index contributed by atoms with van der Waals surface area (Å²) in [5, 5.41) is 5.45. The minimum absolute atomic E-state index is 0.142. The molecule has 1 heterocycles. The molecular weight excluding hydrogens is 392 g/mol. The van der Waals surface area contributed by atoms with Gasteiger partial charge >= 0.3 is 17.6 Å². The molecule has 0 aliphatic heterocycles. The third-order valence-corrected chi connectivity index (χ3v) is 4.64. The highest BCUT2D eigenvalue weighted by Gasteiger charge is 2.22. The van der Waals surface area contributed by atoms with E-state index in [1.165, 1.54) is 6.92 Å². The van der Waals surface area contributed by atoms with Gasteiger partial charge in [-0.2, -0.15) is 0 Å². The Kier molecular flexibility index (Phi) is 6.39. The number of imide groups is 1. The molecule has 1 aromatic carbocycles. The Morgan fingerprint density at radius 1 is 1.13 bits per heavy atom. The maximum absolute atomic E-state index is 12.1. The summed E-state index contributed by atoms with van der Waals surface area (Å²) in [5.74, 6) is -1.20. The summed E-state index contributed by atoms with van der Waals surface area (Å²) < 4.78 is 15.7. The number of fused-ring (bicyclic) bond motifs is 3. The lowest BCUT2D eigenvalue weighted by molar-refractivity contribution is -0.156. The first-order chi connectivity index (χ1) is 14.2. The molecule has 30 heavy (non-hydrogen) atoms. The minimum Gasteiger partial charge on any atom is -0.482 e. The molecule has 0 spiro atoms. The SMILES string of the molecule is CC(C)NC(=O)NC(=O)[C@H](C)OC(=O)COc1ccc2c3c(c(=O)oc2c1)CCC3. The van der Waals surface area contributed by atoms with E-state index < -0.39 is 30.6 Å². The van der Waals surface area contributed by atoms with Crippen LogP contribution in [0.3, 0.4) is 0 Å². The van der Waals surface area contributed by atoms with Crippen LogP contribution in [0.25, 0.3) is 11.0 Å². The van der Waals surface area contributed by atoms with Gasteiger partial charge in [-0.15, -0.1) is 0 Å². The lowest BCUT2D eigenvalue weighted by atomic mass is 10.1. The number of carbonyl (C=O) groups is 3. The molecule has 0 saturated heterocycles. The lowest BCUT2D eigenvalue weighted by Gasteiger charge is -2.14. The zero-order chi connectivity index (χ0) is 21.8. The summed E-state index contributed by atoms with van der Waals surface area (Å²) in [5.41, 5.74) is 1.80. The van der Waals surface area contributed by atoms with Gasteiger partial charge in [-0.25, -0.2) is 14.4 Å². The van der Waals surface area contributed by atoms with Crippen LogP contribution < -0.4 is 21.0 Å². The first-order valence-electron chi connectivity index (χ1n) is 9.77. The van der Waals surface area contributed by atoms with Gasteiger partial charge in [0.1, 0.15) is 11.3 Å². The van der Waals surface area contributed by atoms with E-state index in [1.807, 2.05) is 0 Å². The Balaban J connectivity index is 1.56. The van der Waals surface area contributed by atoms with Crippen molar-refractivity contribution in [2.24, 2.45) is 0 Å². The Morgan fingerprint density at radius 2 is 1.87 bits per heavy atom. The number of rotatable bonds is 6. The second-order valence-corrected chi connectivity index (χ2v) is 7.40. The molecular formula is C21H24N2O7. The first kappa shape index (κ1) is 21.4. The van der Waals surface area contributed by atoms with Crippen molar-refractivity contribution in [1.82, 2.24) is 10.6 Å². The number of hydrogen-bond donors (Lipinski definition) is 2. The Hall–Kier alpha value is -3.36. The van der Waals surface area contributed by atoms with Gasteiger partial charge in [0.15, 0.2) is 12.7 Å². The standard InChI is InChI=1S/C21H24N2O7/c1-11(2)22-21(27)23-19(25)12(3)29-18(24)10-28-13-7-8-15-14-5-4-6-16(14)20(26)30-17(15)9-13/h7-9,11-12H,4-6,10H2,1-3H3,(H2,22,23,25,27)/t12-/m0/s1. The third kappa shape index (κ3) is 4.97. The summed E-state index contributed by atoms with van der Waals surface area (Å²) in [4.78, 5) is 47.5. The number of carbonyl (C=O) groups excluding carboxylic acids is 3. The quantitative estimate of drug-likeness (QED) is 0.544. The second kappa shape index (κ2) is 8.98. The van der Waals surface area contributed by atoms with Crippen molar-refractivity contribution < 1.29 is 28.3 Å². The fourth-order valence-corrected chi connectivity index (χ4v) is 3.29. The minimum atomic E-state index is -1.17. The zero-order valence-electron chi connectivity index (χ0n) is 17.1. The first-order valence-corrected chi connectivity index (χ1v) is 9.77. The van der Waals surface area contributed by atoms with Gasteiger partial charge in [0.2, 0.25) is 0 Å². The molecule has 1 aliphatic carbocycles. The Labute approximate surface area is 172 Å². The van der Waals surface area contributed by atoms with E-state index in [2.05, 4.69) is 10.6 Å². The van der Waals surface area contributed by atoms with Crippen LogP contribution in [0, 0.1) is 0 Å². The molecule has 1 aromatic heterocycles. The van der Waals surface area contributed by atoms with Crippen LogP contribution >= 0.6 is 0 Å². The zero-order valence-corrected chi connectivity index (χ0v) is 17.1. The van der Waals surface area contributed by atoms with E-state index in [-0.39, 0.29) is 11.7 Å². The van der Waals surface area contributed by atoms with E-state index >= 15 is 0 Å². The van der Waals surface area contributed by atoms with E-state index in [9.17, 15) is 19.2 Å². The third-order valence-electron chi connectivity index (χ3n) is 4.64. The van der Waals surface area contributed by atoms with Gasteiger partial charge in [0.05, 0.1) is 0 Å². The number of urea groups is 1. The van der Waals surface area contributed by atoms with Gasteiger partial charge in [0.25, 0.3) is 5.91 Å². The Morgan fingerprint density at radius 3 is 2.60 bits per heavy atom. The largest absolute Gasteiger partial charge is 0.482 e. The molecule has 2 aromatic rings. The smallest absolute Gasteiger partial charge is 0.344 e. The monoisotopic (exact) mass is 416 g/mol. The number of esters is 1. The van der Waals surface area contributed by atoms with Crippen LogP contribution in [0.15, 0.2) is 27.4 Å². The molecule has 0 radical (unpaired) electrons. The van der Waals surface area contributed by atoms with Gasteiger partial charge in [-0.05, 0) is 57.7 Å². The molecule has 1 aliphatic rings. The molecule has 0 saturated carbocycles. The van der Waals surface area contributed by atoms with Crippen molar-refractivity contribution in [3.63, 3.8) is 0 Å². The van der Waals surface area contributed by atoms with Crippen molar-refractivity contribution in [3.8, 4) is 5.75 Å². The van der Waals surface area contributed by atoms with Gasteiger partial charge in [-0.3, -0.25) is 10.1 Å². The average molecular weight is 416 g/mol. The molecule has 3 rings (SSSR count). The fraction of sp³-hybridized carbons (Fsp3) is 0.429. The molecule has 3 amide bonds. The summed E-state index contributed by atoms with van der Waals surface area (Å²) in [6, 6.07) is 4.22. The molecule has 0 fully saturated rings. The molecule has 0 bridgehead atoms. The van der Waals surface area contributed by atoms with E-state index in [1.54, 1.807) is 32.0 Å². The molecule has 1 atom stereocenters. The summed E-state index contributed by atoms with van der Waals surface area (Å²) in [7, 11) is 0. The summed E-state index contributed by atoms with van der Waals surface area (Å²) in [6.45, 7) is 4.39. The number of benzene rings is 1. The van der Waals surface area contributed by atoms with E-state index in [0.29, 0.717) is 11.3 Å². The van der Waals surface area contributed by atoms with Crippen LogP contribution in [-0.2, 0) is 27.2 Å². The highest BCUT2D eigenvalue weighted by atomic mass is 16.6. The molecule has 2 N–H and O–H groups in total. The predicted octanol–water partition coefficient (Wildman–Crippen LogP) is 1.83. The van der Waals surface area contributed by atoms with E-state index in [4.69, 9.17) is 13.9 Å². The summed E-state index contributed by atoms with van der Waals surface area (Å²) >= 11 is 0. The predicted molar refractivity (Wildman–Crippen MR) is 107 cm³/mol. The highest BCUT2D eigenvalue weighted by Crippen LogP contribution is 2.29. The van der Waals surface area contributed by atoms with Gasteiger partial charge in [0, 0.05) is 23.1 Å². The topological polar surface area (TPSA) is 124 Å². The summed E-state index contributed by atoms with van der Waals surface area (Å²) in [6.07, 6.45) is 1.31. The molecule has 9 heteroatoms. The Bertz CT molecular complexity index is 1040. The molecule has 9 nitrogen and oxygen atoms in total. The normalized spacial score (nSPS) is 13.6. The lowest BCUT2D eigenvalue weighted by Crippen LogP contribution is -2.46. The van der Waals surface area contributed by atoms with Gasteiger partial charge < -0.3 is 19.2 Å². The average Bonchev–Trinajstić information content (AvgIpc) is 3.16. The van der Waals surface area contributed by atoms with E-state index in [0.717, 1.165) is 35.8 Å². The van der Waals surface area contributed by atoms with Crippen LogP contribution in [0.4, 0.5) is 4.79 Å². The van der Waals surface area contributed by atoms with Crippen LogP contribution in [0.5, 0.6) is 5.75 Å². The highest BCUT2D eigenvalue weighted by molar-refractivity contribution is 5.97. The van der Waals surface area contributed by atoms with Crippen LogP contribution in [0.1, 0.15) is 38.3 Å². The number of aryl methyl sites for hydroxylation is 1.